The number of carbonyl (C=O) groups excluding carboxylic acids is 1. The van der Waals surface area contributed by atoms with E-state index in [1.807, 2.05) is 61.5 Å². The normalized spacial score (nSPS) is 11.2. The number of nitrogens with one attached hydrogen (secondary N) is 1. The van der Waals surface area contributed by atoms with E-state index in [0.717, 1.165) is 21.3 Å². The van der Waals surface area contributed by atoms with Crippen LogP contribution in [0.4, 0.5) is 0 Å². The standard InChI is InChI=1S/C22H18BrClN2O2/c1-15(25-26-22(27)18-3-2-4-19(23)13-18)17-7-11-21(12-8-17)28-14-16-5-9-20(24)10-6-16/h2-13H,14H2,1H3,(H,26,27)/b25-15-. The maximum Gasteiger partial charge on any atom is 0.271 e. The fourth-order valence-corrected chi connectivity index (χ4v) is 2.96. The first-order valence-corrected chi connectivity index (χ1v) is 9.76. The van der Waals surface area contributed by atoms with Crippen molar-refractivity contribution < 1.29 is 9.53 Å². The van der Waals surface area contributed by atoms with E-state index in [9.17, 15) is 4.79 Å². The van der Waals surface area contributed by atoms with Crippen LogP contribution in [0.1, 0.15) is 28.4 Å². The maximum absolute atomic E-state index is 12.2. The number of hydrogen-bond donors (Lipinski definition) is 1. The molecule has 0 aliphatic carbocycles. The molecule has 0 aromatic heterocycles. The van der Waals surface area contributed by atoms with Gasteiger partial charge in [-0.3, -0.25) is 4.79 Å². The van der Waals surface area contributed by atoms with Crippen LogP contribution in [0, 0.1) is 0 Å². The van der Waals surface area contributed by atoms with Crippen LogP contribution in [0.5, 0.6) is 5.75 Å². The van der Waals surface area contributed by atoms with Gasteiger partial charge >= 0.3 is 0 Å². The number of halogens is 2. The van der Waals surface area contributed by atoms with Crippen molar-refractivity contribution in [1.29, 1.82) is 0 Å². The second-order valence-electron chi connectivity index (χ2n) is 6.09. The molecule has 0 saturated carbocycles. The summed E-state index contributed by atoms with van der Waals surface area (Å²) in [5.74, 6) is 0.494. The summed E-state index contributed by atoms with van der Waals surface area (Å²) in [6, 6.07) is 22.2. The van der Waals surface area contributed by atoms with Gasteiger partial charge in [0.1, 0.15) is 12.4 Å². The van der Waals surface area contributed by atoms with Crippen LogP contribution in [0.3, 0.4) is 0 Å². The SMILES string of the molecule is C/C(=N/NC(=O)c1cccc(Br)c1)c1ccc(OCc2ccc(Cl)cc2)cc1. The van der Waals surface area contributed by atoms with Crippen molar-refractivity contribution in [3.63, 3.8) is 0 Å². The number of nitrogens with zero attached hydrogens (tertiary/aromatic N) is 1. The van der Waals surface area contributed by atoms with Crippen LogP contribution >= 0.6 is 27.5 Å². The van der Waals surface area contributed by atoms with E-state index >= 15 is 0 Å². The molecule has 0 atom stereocenters. The lowest BCUT2D eigenvalue weighted by Crippen LogP contribution is -2.19. The number of hydrazone groups is 1. The Kier molecular flexibility index (Phi) is 6.85. The molecule has 3 aromatic carbocycles. The second-order valence-corrected chi connectivity index (χ2v) is 7.44. The largest absolute Gasteiger partial charge is 0.489 e. The Morgan fingerprint density at radius 1 is 1.04 bits per heavy atom. The maximum atomic E-state index is 12.2. The van der Waals surface area contributed by atoms with Crippen molar-refractivity contribution in [2.45, 2.75) is 13.5 Å². The zero-order valence-electron chi connectivity index (χ0n) is 15.2. The number of carbonyl (C=O) groups is 1. The van der Waals surface area contributed by atoms with Crippen molar-refractivity contribution in [1.82, 2.24) is 5.43 Å². The lowest BCUT2D eigenvalue weighted by atomic mass is 10.1. The van der Waals surface area contributed by atoms with Crippen molar-refractivity contribution >= 4 is 39.1 Å². The zero-order valence-corrected chi connectivity index (χ0v) is 17.5. The molecule has 142 valence electrons. The highest BCUT2D eigenvalue weighted by molar-refractivity contribution is 9.10. The molecule has 0 heterocycles. The number of benzene rings is 3. The van der Waals surface area contributed by atoms with Crippen LogP contribution in [0.15, 0.2) is 82.4 Å². The summed E-state index contributed by atoms with van der Waals surface area (Å²) in [5, 5.41) is 4.88. The van der Waals surface area contributed by atoms with Crippen LogP contribution < -0.4 is 10.2 Å². The third kappa shape index (κ3) is 5.68. The quantitative estimate of drug-likeness (QED) is 0.374. The molecule has 0 fully saturated rings. The van der Waals surface area contributed by atoms with Crippen molar-refractivity contribution in [3.8, 4) is 5.75 Å². The van der Waals surface area contributed by atoms with E-state index in [4.69, 9.17) is 16.3 Å². The molecule has 0 unspecified atom stereocenters. The van der Waals surface area contributed by atoms with Crippen LogP contribution in [-0.4, -0.2) is 11.6 Å². The van der Waals surface area contributed by atoms with Gasteiger partial charge in [0.25, 0.3) is 5.91 Å². The summed E-state index contributed by atoms with van der Waals surface area (Å²) in [7, 11) is 0. The summed E-state index contributed by atoms with van der Waals surface area (Å²) in [6.07, 6.45) is 0. The first kappa shape index (κ1) is 20.1. The Morgan fingerprint density at radius 3 is 2.43 bits per heavy atom. The highest BCUT2D eigenvalue weighted by Gasteiger charge is 2.05. The van der Waals surface area contributed by atoms with Gasteiger partial charge < -0.3 is 4.74 Å². The van der Waals surface area contributed by atoms with E-state index in [1.54, 1.807) is 18.2 Å². The molecular formula is C22H18BrClN2O2. The van der Waals surface area contributed by atoms with Crippen molar-refractivity contribution in [2.75, 3.05) is 0 Å². The molecule has 4 nitrogen and oxygen atoms in total. The summed E-state index contributed by atoms with van der Waals surface area (Å²) in [4.78, 5) is 12.2. The van der Waals surface area contributed by atoms with Gasteiger partial charge in [-0.25, -0.2) is 5.43 Å². The van der Waals surface area contributed by atoms with Gasteiger partial charge in [-0.05, 0) is 72.6 Å². The van der Waals surface area contributed by atoms with Crippen LogP contribution in [0.25, 0.3) is 0 Å². The number of rotatable bonds is 6. The third-order valence-corrected chi connectivity index (χ3v) is 4.75. The lowest BCUT2D eigenvalue weighted by molar-refractivity contribution is 0.0955. The molecule has 0 bridgehead atoms. The number of amides is 1. The zero-order chi connectivity index (χ0) is 19.9. The van der Waals surface area contributed by atoms with Gasteiger partial charge in [0.15, 0.2) is 0 Å². The van der Waals surface area contributed by atoms with E-state index in [-0.39, 0.29) is 5.91 Å². The third-order valence-electron chi connectivity index (χ3n) is 4.00. The molecule has 1 N–H and O–H groups in total. The molecular weight excluding hydrogens is 440 g/mol. The minimum absolute atomic E-state index is 0.261. The lowest BCUT2D eigenvalue weighted by Gasteiger charge is -2.08. The minimum atomic E-state index is -0.261. The second kappa shape index (κ2) is 9.53. The van der Waals surface area contributed by atoms with Gasteiger partial charge in [-0.2, -0.15) is 5.10 Å². The fourth-order valence-electron chi connectivity index (χ4n) is 2.43. The predicted octanol–water partition coefficient (Wildman–Crippen LogP) is 5.84. The molecule has 3 aromatic rings. The molecule has 0 aliphatic rings. The molecule has 6 heteroatoms. The van der Waals surface area contributed by atoms with E-state index in [0.29, 0.717) is 22.9 Å². The molecule has 1 amide bonds. The van der Waals surface area contributed by atoms with E-state index in [1.165, 1.54) is 0 Å². The van der Waals surface area contributed by atoms with Crippen molar-refractivity contribution in [3.05, 3.63) is 99.0 Å². The van der Waals surface area contributed by atoms with E-state index < -0.39 is 0 Å². The van der Waals surface area contributed by atoms with Crippen LogP contribution in [0.2, 0.25) is 5.02 Å². The van der Waals surface area contributed by atoms with Gasteiger partial charge in [-0.1, -0.05) is 45.7 Å². The van der Waals surface area contributed by atoms with Crippen molar-refractivity contribution in [2.24, 2.45) is 5.10 Å². The Morgan fingerprint density at radius 2 is 1.75 bits per heavy atom. The summed E-state index contributed by atoms with van der Waals surface area (Å²) in [5.41, 5.74) is 5.76. The fraction of sp³-hybridized carbons (Fsp3) is 0.0909. The molecule has 0 saturated heterocycles. The Hall–Kier alpha value is -2.63. The van der Waals surface area contributed by atoms with Gasteiger partial charge in [-0.15, -0.1) is 0 Å². The number of ether oxygens (including phenoxy) is 1. The monoisotopic (exact) mass is 456 g/mol. The highest BCUT2D eigenvalue weighted by atomic mass is 79.9. The predicted molar refractivity (Wildman–Crippen MR) is 116 cm³/mol. The van der Waals surface area contributed by atoms with Crippen LogP contribution in [-0.2, 0) is 6.61 Å². The van der Waals surface area contributed by atoms with Gasteiger partial charge in [0, 0.05) is 15.1 Å². The van der Waals surface area contributed by atoms with Gasteiger partial charge in [0.2, 0.25) is 0 Å². The summed E-state index contributed by atoms with van der Waals surface area (Å²) in [6.45, 7) is 2.30. The number of hydrogen-bond acceptors (Lipinski definition) is 3. The Bertz CT molecular complexity index is 986. The first-order valence-electron chi connectivity index (χ1n) is 8.59. The average molecular weight is 458 g/mol. The molecule has 0 spiro atoms. The molecule has 0 aliphatic heterocycles. The smallest absolute Gasteiger partial charge is 0.271 e. The summed E-state index contributed by atoms with van der Waals surface area (Å²) >= 11 is 9.23. The van der Waals surface area contributed by atoms with Gasteiger partial charge in [0.05, 0.1) is 5.71 Å². The first-order chi connectivity index (χ1) is 13.5. The topological polar surface area (TPSA) is 50.7 Å². The van der Waals surface area contributed by atoms with E-state index in [2.05, 4.69) is 26.5 Å². The minimum Gasteiger partial charge on any atom is -0.489 e. The molecule has 28 heavy (non-hydrogen) atoms. The highest BCUT2D eigenvalue weighted by Crippen LogP contribution is 2.16. The molecule has 3 rings (SSSR count). The summed E-state index contributed by atoms with van der Waals surface area (Å²) < 4.78 is 6.62. The molecule has 0 radical (unpaired) electrons. The Balaban J connectivity index is 1.58. The Labute approximate surface area is 177 Å². The average Bonchev–Trinajstić information content (AvgIpc) is 2.71.